The summed E-state index contributed by atoms with van der Waals surface area (Å²) in [7, 11) is -2.24. The fourth-order valence-electron chi connectivity index (χ4n) is 3.93. The van der Waals surface area contributed by atoms with Crippen molar-refractivity contribution in [1.29, 1.82) is 0 Å². The zero-order valence-electron chi connectivity index (χ0n) is 17.9. The summed E-state index contributed by atoms with van der Waals surface area (Å²) < 4.78 is 40.2. The molecule has 3 heterocycles. The van der Waals surface area contributed by atoms with E-state index in [-0.39, 0.29) is 17.3 Å². The summed E-state index contributed by atoms with van der Waals surface area (Å²) in [5.41, 5.74) is 1.26. The summed E-state index contributed by atoms with van der Waals surface area (Å²) in [6.45, 7) is 1.74. The second-order valence-electron chi connectivity index (χ2n) is 7.73. The third-order valence-electron chi connectivity index (χ3n) is 5.58. The number of carbonyl (C=O) groups is 1. The number of nitrogens with one attached hydrogen (secondary N) is 1. The Morgan fingerprint density at radius 3 is 2.97 bits per heavy atom. The molecule has 1 aliphatic heterocycles. The normalized spacial score (nSPS) is 17.6. The van der Waals surface area contributed by atoms with Crippen LogP contribution in [-0.4, -0.2) is 59.9 Å². The highest BCUT2D eigenvalue weighted by Gasteiger charge is 2.37. The molecule has 32 heavy (non-hydrogen) atoms. The zero-order valence-corrected chi connectivity index (χ0v) is 18.8. The van der Waals surface area contributed by atoms with Gasteiger partial charge in [0.05, 0.1) is 23.2 Å². The SMILES string of the molecule is COCCCn1nnc2cc(S(=O)(=O)N3CCCCC3C(=O)NCc3ccco3)ccc21. The molecule has 10 nitrogen and oxygen atoms in total. The summed E-state index contributed by atoms with van der Waals surface area (Å²) in [6, 6.07) is 7.53. The van der Waals surface area contributed by atoms with E-state index in [1.54, 1.807) is 36.1 Å². The zero-order chi connectivity index (χ0) is 22.6. The third kappa shape index (κ3) is 4.69. The molecule has 0 saturated carbocycles. The number of aryl methyl sites for hydroxylation is 1. The summed E-state index contributed by atoms with van der Waals surface area (Å²) >= 11 is 0. The van der Waals surface area contributed by atoms with Crippen LogP contribution in [0.25, 0.3) is 11.0 Å². The van der Waals surface area contributed by atoms with E-state index in [1.165, 1.54) is 16.6 Å². The molecule has 3 aromatic rings. The molecular formula is C21H27N5O5S. The smallest absolute Gasteiger partial charge is 0.243 e. The van der Waals surface area contributed by atoms with Gasteiger partial charge in [-0.3, -0.25) is 4.79 Å². The lowest BCUT2D eigenvalue weighted by molar-refractivity contribution is -0.125. The molecule has 11 heteroatoms. The lowest BCUT2D eigenvalue weighted by Gasteiger charge is -2.33. The molecule has 1 fully saturated rings. The maximum absolute atomic E-state index is 13.5. The number of ether oxygens (including phenoxy) is 1. The minimum Gasteiger partial charge on any atom is -0.467 e. The average molecular weight is 462 g/mol. The van der Waals surface area contributed by atoms with Crippen LogP contribution in [-0.2, 0) is 32.6 Å². The lowest BCUT2D eigenvalue weighted by Crippen LogP contribution is -2.51. The highest BCUT2D eigenvalue weighted by Crippen LogP contribution is 2.27. The second kappa shape index (κ2) is 9.80. The molecule has 1 aromatic carbocycles. The molecule has 1 amide bonds. The van der Waals surface area contributed by atoms with Crippen LogP contribution in [0.5, 0.6) is 0 Å². The molecule has 1 N–H and O–H groups in total. The van der Waals surface area contributed by atoms with Crippen LogP contribution in [0.4, 0.5) is 0 Å². The Hall–Kier alpha value is -2.76. The first-order valence-electron chi connectivity index (χ1n) is 10.6. The molecule has 2 aromatic heterocycles. The van der Waals surface area contributed by atoms with E-state index in [2.05, 4.69) is 15.6 Å². The van der Waals surface area contributed by atoms with Crippen molar-refractivity contribution >= 4 is 27.0 Å². The molecule has 1 saturated heterocycles. The van der Waals surface area contributed by atoms with E-state index in [0.717, 1.165) is 18.4 Å². The van der Waals surface area contributed by atoms with Crippen molar-refractivity contribution in [2.45, 2.75) is 49.7 Å². The monoisotopic (exact) mass is 461 g/mol. The summed E-state index contributed by atoms with van der Waals surface area (Å²) in [5.74, 6) is 0.289. The van der Waals surface area contributed by atoms with Crippen LogP contribution in [0.3, 0.4) is 0 Å². The van der Waals surface area contributed by atoms with E-state index in [0.29, 0.717) is 43.8 Å². The number of rotatable bonds is 9. The van der Waals surface area contributed by atoms with E-state index in [1.807, 2.05) is 0 Å². The van der Waals surface area contributed by atoms with Crippen molar-refractivity contribution in [2.24, 2.45) is 0 Å². The minimum absolute atomic E-state index is 0.111. The predicted molar refractivity (Wildman–Crippen MR) is 116 cm³/mol. The maximum Gasteiger partial charge on any atom is 0.243 e. The van der Waals surface area contributed by atoms with Gasteiger partial charge in [0.15, 0.2) is 0 Å². The van der Waals surface area contributed by atoms with Crippen molar-refractivity contribution in [3.8, 4) is 0 Å². The first kappa shape index (κ1) is 22.4. The van der Waals surface area contributed by atoms with Crippen molar-refractivity contribution in [3.05, 3.63) is 42.4 Å². The van der Waals surface area contributed by atoms with Crippen LogP contribution in [0.1, 0.15) is 31.4 Å². The molecule has 172 valence electrons. The standard InChI is InChI=1S/C21H27N5O5S/c1-30-12-5-10-25-19-9-8-17(14-18(19)23-24-25)32(28,29)26-11-3-2-7-20(26)21(27)22-15-16-6-4-13-31-16/h4,6,8-9,13-14,20H,2-3,5,7,10-12,15H2,1H3,(H,22,27). The van der Waals surface area contributed by atoms with Gasteiger partial charge in [-0.2, -0.15) is 4.31 Å². The molecule has 0 bridgehead atoms. The Labute approximate surface area is 186 Å². The lowest BCUT2D eigenvalue weighted by atomic mass is 10.0. The Balaban J connectivity index is 1.53. The number of benzene rings is 1. The van der Waals surface area contributed by atoms with E-state index < -0.39 is 16.1 Å². The van der Waals surface area contributed by atoms with E-state index in [4.69, 9.17) is 9.15 Å². The number of piperidine rings is 1. The summed E-state index contributed by atoms with van der Waals surface area (Å²) in [4.78, 5) is 12.9. The Morgan fingerprint density at radius 1 is 1.31 bits per heavy atom. The molecular weight excluding hydrogens is 434 g/mol. The summed E-state index contributed by atoms with van der Waals surface area (Å²) in [5, 5.41) is 11.0. The van der Waals surface area contributed by atoms with E-state index in [9.17, 15) is 13.2 Å². The number of furan rings is 1. The van der Waals surface area contributed by atoms with Crippen molar-refractivity contribution in [2.75, 3.05) is 20.3 Å². The van der Waals surface area contributed by atoms with Gasteiger partial charge in [-0.25, -0.2) is 13.1 Å². The Morgan fingerprint density at radius 2 is 2.19 bits per heavy atom. The van der Waals surface area contributed by atoms with Crippen LogP contribution in [0.2, 0.25) is 0 Å². The number of sulfonamides is 1. The fourth-order valence-corrected chi connectivity index (χ4v) is 5.61. The third-order valence-corrected chi connectivity index (χ3v) is 7.49. The topological polar surface area (TPSA) is 120 Å². The predicted octanol–water partition coefficient (Wildman–Crippen LogP) is 1.92. The van der Waals surface area contributed by atoms with Crippen molar-refractivity contribution in [1.82, 2.24) is 24.6 Å². The average Bonchev–Trinajstić information content (AvgIpc) is 3.47. The van der Waals surface area contributed by atoms with Crippen molar-refractivity contribution in [3.63, 3.8) is 0 Å². The minimum atomic E-state index is -3.88. The molecule has 0 spiro atoms. The van der Waals surface area contributed by atoms with Gasteiger partial charge in [0.1, 0.15) is 17.3 Å². The number of fused-ring (bicyclic) bond motifs is 1. The number of amides is 1. The molecule has 1 aliphatic rings. The van der Waals surface area contributed by atoms with Crippen molar-refractivity contribution < 1.29 is 22.4 Å². The molecule has 1 unspecified atom stereocenters. The highest BCUT2D eigenvalue weighted by molar-refractivity contribution is 7.89. The molecule has 0 radical (unpaired) electrons. The van der Waals surface area contributed by atoms with Crippen LogP contribution < -0.4 is 5.32 Å². The van der Waals surface area contributed by atoms with Gasteiger partial charge < -0.3 is 14.5 Å². The van der Waals surface area contributed by atoms with Crippen LogP contribution in [0.15, 0.2) is 45.9 Å². The Kier molecular flexibility index (Phi) is 6.87. The largest absolute Gasteiger partial charge is 0.467 e. The first-order valence-corrected chi connectivity index (χ1v) is 12.1. The number of hydrogen-bond donors (Lipinski definition) is 1. The van der Waals surface area contributed by atoms with Crippen LogP contribution in [0, 0.1) is 0 Å². The molecule has 4 rings (SSSR count). The van der Waals surface area contributed by atoms with Gasteiger partial charge in [0.25, 0.3) is 0 Å². The van der Waals surface area contributed by atoms with Gasteiger partial charge in [0, 0.05) is 26.8 Å². The van der Waals surface area contributed by atoms with Gasteiger partial charge in [-0.05, 0) is 49.6 Å². The van der Waals surface area contributed by atoms with Gasteiger partial charge in [-0.15, -0.1) is 5.10 Å². The maximum atomic E-state index is 13.5. The number of carbonyl (C=O) groups excluding carboxylic acids is 1. The quantitative estimate of drug-likeness (QED) is 0.484. The number of nitrogens with zero attached hydrogens (tertiary/aromatic N) is 4. The van der Waals surface area contributed by atoms with Crippen LogP contribution >= 0.6 is 0 Å². The number of aromatic nitrogens is 3. The molecule has 0 aliphatic carbocycles. The molecule has 1 atom stereocenters. The number of methoxy groups -OCH3 is 1. The van der Waals surface area contributed by atoms with Gasteiger partial charge >= 0.3 is 0 Å². The van der Waals surface area contributed by atoms with Gasteiger partial charge in [-0.1, -0.05) is 11.6 Å². The first-order chi connectivity index (χ1) is 15.5. The number of hydrogen-bond acceptors (Lipinski definition) is 7. The van der Waals surface area contributed by atoms with Gasteiger partial charge in [0.2, 0.25) is 15.9 Å². The highest BCUT2D eigenvalue weighted by atomic mass is 32.2. The fraction of sp³-hybridized carbons (Fsp3) is 0.476. The van der Waals surface area contributed by atoms with E-state index >= 15 is 0 Å². The second-order valence-corrected chi connectivity index (χ2v) is 9.62. The Bertz CT molecular complexity index is 1160. The summed E-state index contributed by atoms with van der Waals surface area (Å²) in [6.07, 6.45) is 4.28.